The van der Waals surface area contributed by atoms with E-state index in [1.54, 1.807) is 0 Å². The maximum atomic E-state index is 11.7. The fourth-order valence-electron chi connectivity index (χ4n) is 1.47. The molecule has 0 radical (unpaired) electrons. The van der Waals surface area contributed by atoms with Crippen LogP contribution in [0.15, 0.2) is 30.3 Å². The van der Waals surface area contributed by atoms with Crippen LogP contribution in [-0.4, -0.2) is 5.91 Å². The van der Waals surface area contributed by atoms with Gasteiger partial charge in [-0.25, -0.2) is 0 Å². The maximum Gasteiger partial charge on any atom is 0.237 e. The Bertz CT molecular complexity index is 381. The van der Waals surface area contributed by atoms with E-state index in [2.05, 4.69) is 5.32 Å². The summed E-state index contributed by atoms with van der Waals surface area (Å²) in [6, 6.07) is 11.6. The van der Waals surface area contributed by atoms with Crippen LogP contribution >= 0.6 is 0 Å². The minimum atomic E-state index is -0.550. The zero-order chi connectivity index (χ0) is 12.0. The summed E-state index contributed by atoms with van der Waals surface area (Å²) in [5.74, 6) is -0.743. The van der Waals surface area contributed by atoms with Crippen molar-refractivity contribution in [1.29, 1.82) is 5.26 Å². The molecular weight excluding hydrogens is 200 g/mol. The molecule has 84 valence electrons. The highest BCUT2D eigenvalue weighted by molar-refractivity contribution is 5.81. The smallest absolute Gasteiger partial charge is 0.237 e. The first-order valence-corrected chi connectivity index (χ1v) is 5.44. The molecule has 3 nitrogen and oxygen atoms in total. The minimum absolute atomic E-state index is 0.0592. The third-order valence-corrected chi connectivity index (χ3v) is 2.54. The first-order valence-electron chi connectivity index (χ1n) is 5.44. The first kappa shape index (κ1) is 12.3. The number of hydrogen-bond acceptors (Lipinski definition) is 2. The zero-order valence-corrected chi connectivity index (χ0v) is 9.60. The Hall–Kier alpha value is -1.82. The molecule has 1 amide bonds. The number of hydrogen-bond donors (Lipinski definition) is 1. The van der Waals surface area contributed by atoms with Crippen molar-refractivity contribution in [2.75, 3.05) is 0 Å². The Morgan fingerprint density at radius 2 is 2.06 bits per heavy atom. The monoisotopic (exact) mass is 216 g/mol. The molecule has 0 aliphatic carbocycles. The number of rotatable bonds is 4. The largest absolute Gasteiger partial charge is 0.348 e. The first-order chi connectivity index (χ1) is 7.69. The van der Waals surface area contributed by atoms with Crippen LogP contribution in [0.25, 0.3) is 0 Å². The lowest BCUT2D eigenvalue weighted by molar-refractivity contribution is -0.124. The molecule has 0 aliphatic rings. The molecule has 16 heavy (non-hydrogen) atoms. The number of nitrogens with one attached hydrogen (secondary N) is 1. The minimum Gasteiger partial charge on any atom is -0.348 e. The number of carbonyl (C=O) groups is 1. The van der Waals surface area contributed by atoms with Crippen molar-refractivity contribution in [2.24, 2.45) is 5.92 Å². The van der Waals surface area contributed by atoms with Crippen molar-refractivity contribution in [3.05, 3.63) is 35.9 Å². The molecule has 0 spiro atoms. The highest BCUT2D eigenvalue weighted by atomic mass is 16.1. The summed E-state index contributed by atoms with van der Waals surface area (Å²) in [5, 5.41) is 11.6. The Morgan fingerprint density at radius 3 is 2.56 bits per heavy atom. The van der Waals surface area contributed by atoms with Crippen LogP contribution in [0.4, 0.5) is 0 Å². The van der Waals surface area contributed by atoms with Gasteiger partial charge in [-0.15, -0.1) is 0 Å². The molecule has 2 atom stereocenters. The van der Waals surface area contributed by atoms with Crippen LogP contribution in [0.2, 0.25) is 0 Å². The molecule has 0 saturated carbocycles. The van der Waals surface area contributed by atoms with E-state index in [1.807, 2.05) is 50.2 Å². The molecule has 1 rings (SSSR count). The average molecular weight is 216 g/mol. The van der Waals surface area contributed by atoms with Gasteiger partial charge in [-0.1, -0.05) is 37.3 Å². The molecule has 3 heteroatoms. The summed E-state index contributed by atoms with van der Waals surface area (Å²) in [7, 11) is 0. The number of benzene rings is 1. The van der Waals surface area contributed by atoms with E-state index in [1.165, 1.54) is 0 Å². The Kier molecular flexibility index (Phi) is 4.53. The van der Waals surface area contributed by atoms with E-state index in [9.17, 15) is 4.79 Å². The van der Waals surface area contributed by atoms with Gasteiger partial charge in [-0.2, -0.15) is 5.26 Å². The lowest BCUT2D eigenvalue weighted by atomic mass is 10.1. The van der Waals surface area contributed by atoms with Crippen LogP contribution in [0.3, 0.4) is 0 Å². The van der Waals surface area contributed by atoms with Gasteiger partial charge >= 0.3 is 0 Å². The lowest BCUT2D eigenvalue weighted by Gasteiger charge is -2.15. The number of carbonyl (C=O) groups excluding carboxylic acids is 1. The van der Waals surface area contributed by atoms with Gasteiger partial charge in [0.1, 0.15) is 5.92 Å². The molecular formula is C13H16N2O. The number of nitrogens with zero attached hydrogens (tertiary/aromatic N) is 1. The molecule has 0 heterocycles. The van der Waals surface area contributed by atoms with Crippen molar-refractivity contribution in [2.45, 2.75) is 26.3 Å². The maximum absolute atomic E-state index is 11.7. The van der Waals surface area contributed by atoms with Crippen LogP contribution in [0.5, 0.6) is 0 Å². The SMILES string of the molecule is CC[C@H](C#N)C(=O)N[C@@H](C)c1ccccc1. The van der Waals surface area contributed by atoms with Gasteiger partial charge in [0.15, 0.2) is 0 Å². The standard InChI is InChI=1S/C13H16N2O/c1-3-11(9-14)13(16)15-10(2)12-7-5-4-6-8-12/h4-8,10-11H,3H2,1-2H3,(H,15,16)/t10-,11+/m0/s1. The predicted octanol–water partition coefficient (Wildman–Crippen LogP) is 2.41. The van der Waals surface area contributed by atoms with E-state index in [0.717, 1.165) is 5.56 Å². The molecule has 0 fully saturated rings. The Labute approximate surface area is 96.1 Å². The van der Waals surface area contributed by atoms with Crippen molar-refractivity contribution in [1.82, 2.24) is 5.32 Å². The van der Waals surface area contributed by atoms with E-state index in [0.29, 0.717) is 6.42 Å². The van der Waals surface area contributed by atoms with Crippen molar-refractivity contribution >= 4 is 5.91 Å². The molecule has 0 aromatic heterocycles. The third kappa shape index (κ3) is 3.09. The van der Waals surface area contributed by atoms with E-state index in [-0.39, 0.29) is 11.9 Å². The van der Waals surface area contributed by atoms with E-state index in [4.69, 9.17) is 5.26 Å². The van der Waals surface area contributed by atoms with E-state index < -0.39 is 5.92 Å². The summed E-state index contributed by atoms with van der Waals surface area (Å²) in [6.45, 7) is 3.75. The van der Waals surface area contributed by atoms with Crippen molar-refractivity contribution < 1.29 is 4.79 Å². The van der Waals surface area contributed by atoms with Gasteiger partial charge < -0.3 is 5.32 Å². The highest BCUT2D eigenvalue weighted by Crippen LogP contribution is 2.12. The third-order valence-electron chi connectivity index (χ3n) is 2.54. The zero-order valence-electron chi connectivity index (χ0n) is 9.60. The summed E-state index contributed by atoms with van der Waals surface area (Å²) < 4.78 is 0. The van der Waals surface area contributed by atoms with Crippen molar-refractivity contribution in [3.63, 3.8) is 0 Å². The summed E-state index contributed by atoms with van der Waals surface area (Å²) in [6.07, 6.45) is 0.545. The molecule has 0 aliphatic heterocycles. The van der Waals surface area contributed by atoms with Gasteiger partial charge in [0.25, 0.3) is 0 Å². The fourth-order valence-corrected chi connectivity index (χ4v) is 1.47. The molecule has 1 aromatic rings. The fraction of sp³-hybridized carbons (Fsp3) is 0.385. The van der Waals surface area contributed by atoms with E-state index >= 15 is 0 Å². The average Bonchev–Trinajstić information content (AvgIpc) is 2.31. The summed E-state index contributed by atoms with van der Waals surface area (Å²) in [4.78, 5) is 11.7. The molecule has 1 N–H and O–H groups in total. The highest BCUT2D eigenvalue weighted by Gasteiger charge is 2.17. The lowest BCUT2D eigenvalue weighted by Crippen LogP contribution is -2.31. The molecule has 0 saturated heterocycles. The Balaban J connectivity index is 2.62. The summed E-state index contributed by atoms with van der Waals surface area (Å²) >= 11 is 0. The van der Waals surface area contributed by atoms with Gasteiger partial charge in [0.05, 0.1) is 12.1 Å². The van der Waals surface area contributed by atoms with Crippen molar-refractivity contribution in [3.8, 4) is 6.07 Å². The number of nitriles is 1. The number of amides is 1. The molecule has 0 unspecified atom stereocenters. The van der Waals surface area contributed by atoms with Gasteiger partial charge in [0.2, 0.25) is 5.91 Å². The van der Waals surface area contributed by atoms with Crippen LogP contribution < -0.4 is 5.32 Å². The van der Waals surface area contributed by atoms with Crippen LogP contribution in [0, 0.1) is 17.2 Å². The quantitative estimate of drug-likeness (QED) is 0.840. The van der Waals surface area contributed by atoms with Crippen LogP contribution in [-0.2, 0) is 4.79 Å². The molecule has 1 aromatic carbocycles. The second-order valence-corrected chi connectivity index (χ2v) is 3.73. The Morgan fingerprint density at radius 1 is 1.44 bits per heavy atom. The predicted molar refractivity (Wildman–Crippen MR) is 62.4 cm³/mol. The normalized spacial score (nSPS) is 13.6. The molecule has 0 bridgehead atoms. The second-order valence-electron chi connectivity index (χ2n) is 3.73. The van der Waals surface area contributed by atoms with Crippen LogP contribution in [0.1, 0.15) is 31.9 Å². The topological polar surface area (TPSA) is 52.9 Å². The van der Waals surface area contributed by atoms with Gasteiger partial charge in [-0.3, -0.25) is 4.79 Å². The van der Waals surface area contributed by atoms with Gasteiger partial charge in [0, 0.05) is 0 Å². The summed E-state index contributed by atoms with van der Waals surface area (Å²) in [5.41, 5.74) is 1.05. The van der Waals surface area contributed by atoms with Gasteiger partial charge in [-0.05, 0) is 18.9 Å². The second kappa shape index (κ2) is 5.92.